The summed E-state index contributed by atoms with van der Waals surface area (Å²) >= 11 is 0. The summed E-state index contributed by atoms with van der Waals surface area (Å²) < 4.78 is 5.14. The van der Waals surface area contributed by atoms with Crippen molar-refractivity contribution in [2.45, 2.75) is 38.6 Å². The average Bonchev–Trinajstić information content (AvgIpc) is 2.53. The fourth-order valence-electron chi connectivity index (χ4n) is 2.61. The van der Waals surface area contributed by atoms with Gasteiger partial charge in [-0.05, 0) is 31.7 Å². The van der Waals surface area contributed by atoms with Crippen molar-refractivity contribution in [2.24, 2.45) is 0 Å². The van der Waals surface area contributed by atoms with Gasteiger partial charge in [-0.15, -0.1) is 0 Å². The van der Waals surface area contributed by atoms with Crippen molar-refractivity contribution in [3.8, 4) is 0 Å². The van der Waals surface area contributed by atoms with Gasteiger partial charge in [-0.25, -0.2) is 4.79 Å². The van der Waals surface area contributed by atoms with Crippen molar-refractivity contribution in [1.82, 2.24) is 4.90 Å². The Hall–Kier alpha value is -1.88. The van der Waals surface area contributed by atoms with E-state index in [1.54, 1.807) is 0 Å². The summed E-state index contributed by atoms with van der Waals surface area (Å²) in [6.45, 7) is 2.93. The molecule has 1 aliphatic heterocycles. The van der Waals surface area contributed by atoms with Crippen LogP contribution < -0.4 is 0 Å². The van der Waals surface area contributed by atoms with Crippen LogP contribution in [0.5, 0.6) is 0 Å². The number of amides is 1. The van der Waals surface area contributed by atoms with E-state index in [1.165, 1.54) is 16.0 Å². The summed E-state index contributed by atoms with van der Waals surface area (Å²) in [6.07, 6.45) is 3.04. The fourth-order valence-corrected chi connectivity index (χ4v) is 2.61. The summed E-state index contributed by atoms with van der Waals surface area (Å²) in [5.74, 6) is -1.08. The number of carboxylic acids is 1. The second-order valence-electron chi connectivity index (χ2n) is 5.71. The molecule has 0 bridgehead atoms. The van der Waals surface area contributed by atoms with Crippen LogP contribution in [0.15, 0.2) is 24.3 Å². The van der Waals surface area contributed by atoms with Crippen LogP contribution in [0.3, 0.4) is 0 Å². The minimum absolute atomic E-state index is 0.0837. The number of carbonyl (C=O) groups excluding carboxylic acids is 1. The van der Waals surface area contributed by atoms with Crippen molar-refractivity contribution in [1.29, 1.82) is 0 Å². The first-order chi connectivity index (χ1) is 10.6. The molecule has 1 fully saturated rings. The van der Waals surface area contributed by atoms with Crippen molar-refractivity contribution < 1.29 is 19.4 Å². The Morgan fingerprint density at radius 3 is 2.68 bits per heavy atom. The number of aryl methyl sites for hydroxylation is 2. The largest absolute Gasteiger partial charge is 0.480 e. The predicted octanol–water partition coefficient (Wildman–Crippen LogP) is 2.02. The summed E-state index contributed by atoms with van der Waals surface area (Å²) in [6, 6.07) is 7.56. The maximum Gasteiger partial charge on any atom is 0.328 e. The minimum atomic E-state index is -0.993. The number of unbranched alkanes of at least 4 members (excludes halogenated alkanes) is 1. The van der Waals surface area contributed by atoms with Crippen LogP contribution in [0, 0.1) is 6.92 Å². The molecule has 0 saturated carbocycles. The lowest BCUT2D eigenvalue weighted by atomic mass is 10.0. The third-order valence-electron chi connectivity index (χ3n) is 3.96. The molecule has 22 heavy (non-hydrogen) atoms. The van der Waals surface area contributed by atoms with Crippen LogP contribution in [0.1, 0.15) is 30.4 Å². The zero-order valence-corrected chi connectivity index (χ0v) is 13.0. The van der Waals surface area contributed by atoms with E-state index in [1.807, 2.05) is 0 Å². The van der Waals surface area contributed by atoms with Gasteiger partial charge in [0.25, 0.3) is 0 Å². The monoisotopic (exact) mass is 305 g/mol. The second-order valence-corrected chi connectivity index (χ2v) is 5.71. The van der Waals surface area contributed by atoms with E-state index in [4.69, 9.17) is 9.84 Å². The van der Waals surface area contributed by atoms with E-state index in [2.05, 4.69) is 31.2 Å². The summed E-state index contributed by atoms with van der Waals surface area (Å²) in [5, 5.41) is 9.13. The molecule has 5 nitrogen and oxygen atoms in total. The normalized spacial score (nSPS) is 18.2. The highest BCUT2D eigenvalue weighted by atomic mass is 16.5. The Balaban J connectivity index is 1.74. The van der Waals surface area contributed by atoms with Crippen LogP contribution >= 0.6 is 0 Å². The van der Waals surface area contributed by atoms with Gasteiger partial charge in [0.05, 0.1) is 13.2 Å². The maximum absolute atomic E-state index is 12.2. The highest BCUT2D eigenvalue weighted by molar-refractivity contribution is 5.83. The number of ether oxygens (including phenoxy) is 1. The minimum Gasteiger partial charge on any atom is -0.480 e. The van der Waals surface area contributed by atoms with Crippen molar-refractivity contribution in [3.05, 3.63) is 35.4 Å². The lowest BCUT2D eigenvalue weighted by Crippen LogP contribution is -2.52. The first kappa shape index (κ1) is 16.5. The first-order valence-corrected chi connectivity index (χ1v) is 7.73. The Morgan fingerprint density at radius 2 is 2.00 bits per heavy atom. The van der Waals surface area contributed by atoms with Crippen LogP contribution in [0.25, 0.3) is 0 Å². The van der Waals surface area contributed by atoms with E-state index in [0.29, 0.717) is 19.6 Å². The molecule has 0 radical (unpaired) electrons. The molecule has 1 heterocycles. The predicted molar refractivity (Wildman–Crippen MR) is 82.7 cm³/mol. The van der Waals surface area contributed by atoms with Crippen molar-refractivity contribution in [3.63, 3.8) is 0 Å². The lowest BCUT2D eigenvalue weighted by Gasteiger charge is -2.32. The van der Waals surface area contributed by atoms with Crippen molar-refractivity contribution in [2.75, 3.05) is 19.8 Å². The smallest absolute Gasteiger partial charge is 0.328 e. The Labute approximate surface area is 130 Å². The topological polar surface area (TPSA) is 66.8 Å². The number of aliphatic carboxylic acids is 1. The molecule has 120 valence electrons. The van der Waals surface area contributed by atoms with E-state index in [9.17, 15) is 9.59 Å². The van der Waals surface area contributed by atoms with Crippen molar-refractivity contribution >= 4 is 11.9 Å². The molecule has 0 aliphatic carbocycles. The SMILES string of the molecule is Cc1ccc(CCCCC(=O)N2CCOCC2C(=O)O)cc1. The molecule has 2 rings (SSSR count). The number of nitrogens with zero attached hydrogens (tertiary/aromatic N) is 1. The Bertz CT molecular complexity index is 512. The standard InChI is InChI=1S/C17H23NO4/c1-13-6-8-14(9-7-13)4-2-3-5-16(19)18-10-11-22-12-15(18)17(20)21/h6-9,15H,2-5,10-12H2,1H3,(H,20,21). The first-order valence-electron chi connectivity index (χ1n) is 7.73. The van der Waals surface area contributed by atoms with Gasteiger partial charge in [0, 0.05) is 13.0 Å². The van der Waals surface area contributed by atoms with Crippen LogP contribution in [0.2, 0.25) is 0 Å². The third kappa shape index (κ3) is 4.56. The molecule has 1 aromatic rings. The Kier molecular flexibility index (Phi) is 5.95. The number of rotatable bonds is 6. The highest BCUT2D eigenvalue weighted by Gasteiger charge is 2.32. The van der Waals surface area contributed by atoms with Gasteiger partial charge in [0.15, 0.2) is 6.04 Å². The molecule has 1 saturated heterocycles. The van der Waals surface area contributed by atoms with Gasteiger partial charge in [0.2, 0.25) is 5.91 Å². The van der Waals surface area contributed by atoms with Gasteiger partial charge in [0.1, 0.15) is 0 Å². The van der Waals surface area contributed by atoms with Crippen LogP contribution in [0.4, 0.5) is 0 Å². The molecule has 1 aliphatic rings. The number of carbonyl (C=O) groups is 2. The molecule has 1 N–H and O–H groups in total. The summed E-state index contributed by atoms with van der Waals surface area (Å²) in [7, 11) is 0. The molecule has 1 atom stereocenters. The molecular formula is C17H23NO4. The molecule has 0 spiro atoms. The van der Waals surface area contributed by atoms with E-state index >= 15 is 0 Å². The lowest BCUT2D eigenvalue weighted by molar-refractivity contribution is -0.158. The van der Waals surface area contributed by atoms with Crippen LogP contribution in [-0.4, -0.2) is 47.7 Å². The molecule has 1 aromatic carbocycles. The van der Waals surface area contributed by atoms with Crippen LogP contribution in [-0.2, 0) is 20.7 Å². The number of carboxylic acid groups (broad SMARTS) is 1. The zero-order valence-electron chi connectivity index (χ0n) is 13.0. The molecule has 1 amide bonds. The quantitative estimate of drug-likeness (QED) is 0.817. The Morgan fingerprint density at radius 1 is 1.27 bits per heavy atom. The summed E-state index contributed by atoms with van der Waals surface area (Å²) in [5.41, 5.74) is 2.51. The van der Waals surface area contributed by atoms with Gasteiger partial charge < -0.3 is 14.7 Å². The molecular weight excluding hydrogens is 282 g/mol. The molecule has 0 aromatic heterocycles. The number of morpholine rings is 1. The molecule has 1 unspecified atom stereocenters. The van der Waals surface area contributed by atoms with Gasteiger partial charge >= 0.3 is 5.97 Å². The van der Waals surface area contributed by atoms with Gasteiger partial charge in [-0.1, -0.05) is 29.8 Å². The van der Waals surface area contributed by atoms with Gasteiger partial charge in [-0.2, -0.15) is 0 Å². The van der Waals surface area contributed by atoms with E-state index < -0.39 is 12.0 Å². The average molecular weight is 305 g/mol. The van der Waals surface area contributed by atoms with E-state index in [-0.39, 0.29) is 12.5 Å². The summed E-state index contributed by atoms with van der Waals surface area (Å²) in [4.78, 5) is 24.8. The third-order valence-corrected chi connectivity index (χ3v) is 3.96. The maximum atomic E-state index is 12.2. The highest BCUT2D eigenvalue weighted by Crippen LogP contribution is 2.13. The van der Waals surface area contributed by atoms with E-state index in [0.717, 1.165) is 19.3 Å². The molecule has 5 heteroatoms. The van der Waals surface area contributed by atoms with Gasteiger partial charge in [-0.3, -0.25) is 4.79 Å². The number of hydrogen-bond acceptors (Lipinski definition) is 3. The second kappa shape index (κ2) is 7.94. The zero-order chi connectivity index (χ0) is 15.9. The number of benzene rings is 1. The number of hydrogen-bond donors (Lipinski definition) is 1. The fraction of sp³-hybridized carbons (Fsp3) is 0.529.